The summed E-state index contributed by atoms with van der Waals surface area (Å²) in [5.41, 5.74) is 8.21. The lowest BCUT2D eigenvalue weighted by atomic mass is 9.54. The molecule has 0 spiro atoms. The maximum atomic E-state index is 14.4. The first kappa shape index (κ1) is 41.7. The van der Waals surface area contributed by atoms with E-state index in [2.05, 4.69) is 0 Å². The number of amides is 6. The number of imide groups is 3. The molecule has 4 aromatic rings. The van der Waals surface area contributed by atoms with Crippen LogP contribution in [0.4, 0.5) is 11.4 Å². The number of cyclic esters (lactones) is 2. The summed E-state index contributed by atoms with van der Waals surface area (Å²) in [6, 6.07) is 26.6. The first-order valence-corrected chi connectivity index (χ1v) is 23.1. The monoisotopic (exact) mass is 912 g/mol. The van der Waals surface area contributed by atoms with E-state index in [0.717, 1.165) is 5.56 Å². The maximum Gasteiger partial charge on any atom is 0.318 e. The Labute approximate surface area is 389 Å². The number of nitrogens with two attached hydrogens (primary N) is 1. The Hall–Kier alpha value is -7.68. The number of nitrogen functional groups attached to an aromatic ring is 1. The Morgan fingerprint density at radius 1 is 0.471 bits per heavy atom. The van der Waals surface area contributed by atoms with Gasteiger partial charge in [-0.1, -0.05) is 55.5 Å². The lowest BCUT2D eigenvalue weighted by Crippen LogP contribution is -2.50. The molecule has 2 N–H and O–H groups in total. The van der Waals surface area contributed by atoms with Gasteiger partial charge in [-0.25, -0.2) is 0 Å². The Balaban J connectivity index is 0.711. The van der Waals surface area contributed by atoms with Crippen LogP contribution in [0.25, 0.3) is 0 Å². The molecule has 15 heteroatoms. The SMILES string of the molecule is CCC(c1ccc(Oc2ccc(N)cc2)cc1)N1C(=O)C2C3C=CC(C4C(=O)N(c5ccc(Oc6ccc(C(C)N7C(=O)C8C9C=CC(C%10C(=O)OC(=O)C9%10)C8C7=O)cc6)cc5)C(=O)C34)C2C1=O. The Morgan fingerprint density at radius 2 is 0.824 bits per heavy atom. The topological polar surface area (TPSA) is 200 Å². The smallest absolute Gasteiger partial charge is 0.318 e. The first-order chi connectivity index (χ1) is 32.8. The van der Waals surface area contributed by atoms with Crippen molar-refractivity contribution in [1.82, 2.24) is 9.80 Å². The standard InChI is InChI=1S/C53H44N4O11/c1-3-37(26-6-14-30(15-7-26)66-31-16-8-27(54)9-17-31)57-50(62)40-33-20-21-34(41(40)51(57)63)39-38(33)48(60)56(49(39)61)28-10-18-32(19-11-28)67-29-12-4-25(5-13-29)24(2)55-46(58)42-35-22-23-36(43(42)47(55)59)45-44(35)52(64)68-53(45)65/h4-24,33-45H,3,54H2,1-2H3. The number of esters is 2. The van der Waals surface area contributed by atoms with Crippen molar-refractivity contribution in [3.63, 3.8) is 0 Å². The van der Waals surface area contributed by atoms with Crippen molar-refractivity contribution in [3.8, 4) is 23.0 Å². The van der Waals surface area contributed by atoms with E-state index in [1.54, 1.807) is 104 Å². The van der Waals surface area contributed by atoms with Crippen LogP contribution in [0.1, 0.15) is 43.5 Å². The number of benzene rings is 4. The number of anilines is 2. The highest BCUT2D eigenvalue weighted by Gasteiger charge is 2.70. The molecule has 15 nitrogen and oxygen atoms in total. The summed E-state index contributed by atoms with van der Waals surface area (Å²) in [4.78, 5) is 114. The van der Waals surface area contributed by atoms with Gasteiger partial charge in [0.2, 0.25) is 35.4 Å². The van der Waals surface area contributed by atoms with Gasteiger partial charge in [0.1, 0.15) is 23.0 Å². The van der Waals surface area contributed by atoms with E-state index in [1.165, 1.54) is 14.7 Å². The zero-order valence-electron chi connectivity index (χ0n) is 36.7. The van der Waals surface area contributed by atoms with Crippen LogP contribution in [-0.2, 0) is 43.1 Å². The van der Waals surface area contributed by atoms with Crippen LogP contribution < -0.4 is 20.1 Å². The molecule has 6 amide bonds. The third kappa shape index (κ3) is 5.89. The van der Waals surface area contributed by atoms with E-state index in [4.69, 9.17) is 19.9 Å². The second-order valence-electron chi connectivity index (χ2n) is 19.1. The highest BCUT2D eigenvalue weighted by Crippen LogP contribution is 2.60. The van der Waals surface area contributed by atoms with Crippen LogP contribution in [0.15, 0.2) is 121 Å². The average Bonchev–Trinajstić information content (AvgIpc) is 4.01. The lowest BCUT2D eigenvalue weighted by Gasteiger charge is -2.44. The van der Waals surface area contributed by atoms with Gasteiger partial charge in [0.25, 0.3) is 0 Å². The van der Waals surface area contributed by atoms with Crippen molar-refractivity contribution >= 4 is 58.8 Å². The number of hydrogen-bond acceptors (Lipinski definition) is 12. The summed E-state index contributed by atoms with van der Waals surface area (Å²) >= 11 is 0. The zero-order chi connectivity index (χ0) is 47.0. The van der Waals surface area contributed by atoms with Crippen LogP contribution in [0.2, 0.25) is 0 Å². The fourth-order valence-electron chi connectivity index (χ4n) is 13.0. The number of ether oxygens (including phenoxy) is 3. The van der Waals surface area contributed by atoms with Crippen molar-refractivity contribution in [2.45, 2.75) is 32.4 Å². The molecule has 4 heterocycles. The second-order valence-corrected chi connectivity index (χ2v) is 19.1. The van der Waals surface area contributed by atoms with Gasteiger partial charge in [0.15, 0.2) is 0 Å². The number of nitrogens with zero attached hydrogens (tertiary/aromatic N) is 3. The minimum atomic E-state index is -0.790. The molecular weight excluding hydrogens is 869 g/mol. The van der Waals surface area contributed by atoms with Gasteiger partial charge >= 0.3 is 11.9 Å². The van der Waals surface area contributed by atoms with Crippen LogP contribution in [0, 0.1) is 71.0 Å². The fourth-order valence-corrected chi connectivity index (χ4v) is 13.0. The molecule has 6 fully saturated rings. The molecule has 14 atom stereocenters. The largest absolute Gasteiger partial charge is 0.457 e. The van der Waals surface area contributed by atoms with Gasteiger partial charge in [-0.3, -0.25) is 53.1 Å². The van der Waals surface area contributed by atoms with Gasteiger partial charge in [0, 0.05) is 29.4 Å². The summed E-state index contributed by atoms with van der Waals surface area (Å²) in [6.45, 7) is 3.68. The summed E-state index contributed by atoms with van der Waals surface area (Å²) in [5.74, 6) is -9.87. The van der Waals surface area contributed by atoms with Crippen LogP contribution in [-0.4, -0.2) is 57.2 Å². The van der Waals surface area contributed by atoms with E-state index < -0.39 is 107 Å². The first-order valence-electron chi connectivity index (χ1n) is 23.1. The Kier molecular flexibility index (Phi) is 9.31. The van der Waals surface area contributed by atoms with Gasteiger partial charge in [0.05, 0.1) is 65.1 Å². The molecule has 68 heavy (non-hydrogen) atoms. The van der Waals surface area contributed by atoms with Gasteiger partial charge in [-0.15, -0.1) is 0 Å². The lowest BCUT2D eigenvalue weighted by molar-refractivity contribution is -0.154. The molecule has 10 aliphatic rings. The summed E-state index contributed by atoms with van der Waals surface area (Å²) in [6.07, 6.45) is 7.75. The molecule has 6 aliphatic carbocycles. The van der Waals surface area contributed by atoms with E-state index in [9.17, 15) is 38.4 Å². The molecule has 2 saturated carbocycles. The van der Waals surface area contributed by atoms with E-state index >= 15 is 0 Å². The maximum absolute atomic E-state index is 14.4. The summed E-state index contributed by atoms with van der Waals surface area (Å²) in [5, 5.41) is 0. The predicted octanol–water partition coefficient (Wildman–Crippen LogP) is 6.32. The molecule has 4 saturated heterocycles. The van der Waals surface area contributed by atoms with E-state index in [1.807, 2.05) is 31.2 Å². The Bertz CT molecular complexity index is 2850. The van der Waals surface area contributed by atoms with Crippen LogP contribution in [0.5, 0.6) is 23.0 Å². The number of rotatable bonds is 10. The number of carbonyl (C=O) groups is 8. The number of likely N-dealkylation sites (tertiary alicyclic amines) is 2. The van der Waals surface area contributed by atoms with Crippen LogP contribution >= 0.6 is 0 Å². The molecule has 342 valence electrons. The van der Waals surface area contributed by atoms with Crippen LogP contribution in [0.3, 0.4) is 0 Å². The summed E-state index contributed by atoms with van der Waals surface area (Å²) < 4.78 is 17.0. The highest BCUT2D eigenvalue weighted by atomic mass is 16.6. The number of carbonyl (C=O) groups excluding carboxylic acids is 8. The molecule has 14 rings (SSSR count). The van der Waals surface area contributed by atoms with Crippen molar-refractivity contribution in [2.75, 3.05) is 10.6 Å². The highest BCUT2D eigenvalue weighted by molar-refractivity contribution is 6.23. The quantitative estimate of drug-likeness (QED) is 0.0612. The molecule has 0 radical (unpaired) electrons. The second kappa shape index (κ2) is 15.2. The molecule has 4 aliphatic heterocycles. The molecule has 0 aromatic heterocycles. The molecule has 4 aromatic carbocycles. The zero-order valence-corrected chi connectivity index (χ0v) is 36.7. The Morgan fingerprint density at radius 3 is 1.25 bits per heavy atom. The van der Waals surface area contributed by atoms with Crippen molar-refractivity contribution in [3.05, 3.63) is 132 Å². The third-order valence-corrected chi connectivity index (χ3v) is 16.0. The molecule has 14 unspecified atom stereocenters. The van der Waals surface area contributed by atoms with Crippen molar-refractivity contribution in [1.29, 1.82) is 0 Å². The minimum absolute atomic E-state index is 0.329. The van der Waals surface area contributed by atoms with E-state index in [-0.39, 0.29) is 23.6 Å². The van der Waals surface area contributed by atoms with Gasteiger partial charge in [-0.2, -0.15) is 0 Å². The number of allylic oxidation sites excluding steroid dienone is 4. The third-order valence-electron chi connectivity index (χ3n) is 16.0. The van der Waals surface area contributed by atoms with Crippen molar-refractivity contribution < 1.29 is 52.6 Å². The average molecular weight is 913 g/mol. The predicted molar refractivity (Wildman–Crippen MR) is 239 cm³/mol. The minimum Gasteiger partial charge on any atom is -0.457 e. The van der Waals surface area contributed by atoms with Gasteiger partial charge < -0.3 is 19.9 Å². The molecule has 4 bridgehead atoms. The van der Waals surface area contributed by atoms with Gasteiger partial charge in [-0.05, 0) is 97.3 Å². The van der Waals surface area contributed by atoms with E-state index in [0.29, 0.717) is 46.4 Å². The van der Waals surface area contributed by atoms with Crippen molar-refractivity contribution in [2.24, 2.45) is 71.0 Å². The fraction of sp³-hybridized carbons (Fsp3) is 0.321. The molecular formula is C53H44N4O11. The number of hydrogen-bond donors (Lipinski definition) is 1. The summed E-state index contributed by atoms with van der Waals surface area (Å²) in [7, 11) is 0. The normalized spacial score (nSPS) is 32.4.